The molecule has 0 unspecified atom stereocenters. The van der Waals surface area contributed by atoms with Gasteiger partial charge in [0.05, 0.1) is 25.1 Å². The number of nitrogens with zero attached hydrogens (tertiary/aromatic N) is 1. The number of thiol groups is 1. The molecule has 7 heteroatoms. The van der Waals surface area contributed by atoms with Crippen molar-refractivity contribution >= 4 is 70.8 Å². The Bertz CT molecular complexity index is 381. The van der Waals surface area contributed by atoms with Crippen LogP contribution in [-0.2, 0) is 0 Å². The Hall–Kier alpha value is 0.980. The molecule has 1 heterocycles. The summed E-state index contributed by atoms with van der Waals surface area (Å²) in [5.41, 5.74) is 0. The largest absolute Gasteiger partial charge is 0.253 e. The van der Waals surface area contributed by atoms with E-state index < -0.39 is 0 Å². The predicted octanol–water partition coefficient (Wildman–Crippen LogP) is 6.27. The highest BCUT2D eigenvalue weighted by molar-refractivity contribution is 7.77. The first-order valence-electron chi connectivity index (χ1n) is 5.35. The van der Waals surface area contributed by atoms with E-state index in [1.165, 1.54) is 38.4 Å². The molecule has 0 spiro atoms. The van der Waals surface area contributed by atoms with Crippen LogP contribution in [0, 0.1) is 0 Å². The summed E-state index contributed by atoms with van der Waals surface area (Å²) in [6.07, 6.45) is 4.07. The highest BCUT2D eigenvalue weighted by Crippen LogP contribution is 2.40. The lowest BCUT2D eigenvalue weighted by molar-refractivity contribution is 0.385. The molecule has 1 nitrogen and oxygen atoms in total. The summed E-state index contributed by atoms with van der Waals surface area (Å²) in [7, 11) is 0. The first kappa shape index (κ1) is 17.0. The van der Waals surface area contributed by atoms with Gasteiger partial charge in [-0.2, -0.15) is 0 Å². The first-order chi connectivity index (χ1) is 8.43. The maximum Gasteiger partial charge on any atom is 0.0808 e. The molecule has 0 aromatic heterocycles. The van der Waals surface area contributed by atoms with Gasteiger partial charge in [0.2, 0.25) is 0 Å². The molecular weight excluding hydrogens is 355 g/mol. The van der Waals surface area contributed by atoms with Crippen molar-refractivity contribution in [2.45, 2.75) is 19.3 Å². The zero-order chi connectivity index (χ0) is 13.7. The summed E-state index contributed by atoms with van der Waals surface area (Å²) in [6, 6.07) is 1.44. The minimum absolute atomic E-state index is 0.186. The molecule has 102 valence electrons. The van der Waals surface area contributed by atoms with Crippen LogP contribution >= 0.6 is 70.8 Å². The maximum atomic E-state index is 5.66. The van der Waals surface area contributed by atoms with Gasteiger partial charge >= 0.3 is 0 Å². The van der Waals surface area contributed by atoms with Crippen molar-refractivity contribution in [1.82, 2.24) is 4.31 Å². The second-order valence-electron chi connectivity index (χ2n) is 3.80. The average Bonchev–Trinajstić information content (AvgIpc) is 2.36. The molecule has 1 saturated heterocycles. The molecule has 2 rings (SSSR count). The van der Waals surface area contributed by atoms with Crippen molar-refractivity contribution in [3.05, 3.63) is 31.2 Å². The van der Waals surface area contributed by atoms with Gasteiger partial charge in [0, 0.05) is 13.1 Å². The average molecular weight is 368 g/mol. The number of piperidine rings is 1. The van der Waals surface area contributed by atoms with Crippen LogP contribution in [0.5, 0.6) is 0 Å². The molecule has 1 aromatic rings. The van der Waals surface area contributed by atoms with Crippen LogP contribution in [0.15, 0.2) is 6.07 Å². The summed E-state index contributed by atoms with van der Waals surface area (Å²) in [5.74, 6) is 0. The van der Waals surface area contributed by atoms with Gasteiger partial charge in [-0.05, 0) is 18.9 Å². The quantitative estimate of drug-likeness (QED) is 0.321. The molecule has 1 aliphatic rings. The topological polar surface area (TPSA) is 3.24 Å². The Morgan fingerprint density at radius 3 is 1.56 bits per heavy atom. The van der Waals surface area contributed by atoms with Crippen LogP contribution in [0.2, 0.25) is 25.1 Å². The Balaban J connectivity index is 0.000000199. The molecule has 1 aliphatic heterocycles. The highest BCUT2D eigenvalue weighted by Gasteiger charge is 2.10. The first-order valence-corrected chi connectivity index (χ1v) is 7.64. The standard InChI is InChI=1S/C6HCl5.C5H11NS/c7-2-1-3(8)5(10)6(11)4(2)9;7-6-4-2-1-3-5-6/h1H;7H,1-5H2. The van der Waals surface area contributed by atoms with E-state index in [1.807, 2.05) is 0 Å². The van der Waals surface area contributed by atoms with Crippen LogP contribution in [0.4, 0.5) is 0 Å². The summed E-state index contributed by atoms with van der Waals surface area (Å²) < 4.78 is 2.09. The van der Waals surface area contributed by atoms with Gasteiger partial charge in [-0.3, -0.25) is 4.31 Å². The van der Waals surface area contributed by atoms with Gasteiger partial charge in [0.15, 0.2) is 0 Å². The Morgan fingerprint density at radius 1 is 0.778 bits per heavy atom. The van der Waals surface area contributed by atoms with Crippen LogP contribution in [0.1, 0.15) is 19.3 Å². The lowest BCUT2D eigenvalue weighted by Crippen LogP contribution is -2.19. The van der Waals surface area contributed by atoms with E-state index in [0.29, 0.717) is 10.0 Å². The zero-order valence-electron chi connectivity index (χ0n) is 9.40. The minimum Gasteiger partial charge on any atom is -0.253 e. The third kappa shape index (κ3) is 5.16. The maximum absolute atomic E-state index is 5.66. The molecular formula is C11H12Cl5NS. The van der Waals surface area contributed by atoms with Crippen molar-refractivity contribution in [2.75, 3.05) is 13.1 Å². The van der Waals surface area contributed by atoms with E-state index in [2.05, 4.69) is 17.1 Å². The van der Waals surface area contributed by atoms with Crippen molar-refractivity contribution in [2.24, 2.45) is 0 Å². The molecule has 0 amide bonds. The fourth-order valence-corrected chi connectivity index (χ4v) is 2.81. The smallest absolute Gasteiger partial charge is 0.0808 e. The van der Waals surface area contributed by atoms with Gasteiger partial charge in [-0.15, -0.1) is 0 Å². The fourth-order valence-electron chi connectivity index (χ4n) is 1.42. The second kappa shape index (κ2) is 8.31. The monoisotopic (exact) mass is 365 g/mol. The van der Waals surface area contributed by atoms with Crippen molar-refractivity contribution in [3.8, 4) is 0 Å². The highest BCUT2D eigenvalue weighted by atomic mass is 35.5. The van der Waals surface area contributed by atoms with E-state index in [0.717, 1.165) is 0 Å². The zero-order valence-corrected chi connectivity index (χ0v) is 14.1. The number of hydrogen-bond donors (Lipinski definition) is 1. The van der Waals surface area contributed by atoms with Crippen LogP contribution in [0.25, 0.3) is 0 Å². The lowest BCUT2D eigenvalue weighted by Gasteiger charge is -2.19. The van der Waals surface area contributed by atoms with Gasteiger partial charge in [0.25, 0.3) is 0 Å². The summed E-state index contributed by atoms with van der Waals surface area (Å²) in [5, 5.41) is 1.23. The van der Waals surface area contributed by atoms with Gasteiger partial charge < -0.3 is 0 Å². The van der Waals surface area contributed by atoms with E-state index in [9.17, 15) is 0 Å². The normalized spacial score (nSPS) is 16.1. The number of halogens is 5. The molecule has 1 fully saturated rings. The fraction of sp³-hybridized carbons (Fsp3) is 0.455. The molecule has 1 aromatic carbocycles. The van der Waals surface area contributed by atoms with Crippen LogP contribution < -0.4 is 0 Å². The number of benzene rings is 1. The van der Waals surface area contributed by atoms with Crippen LogP contribution in [0.3, 0.4) is 0 Å². The van der Waals surface area contributed by atoms with E-state index >= 15 is 0 Å². The van der Waals surface area contributed by atoms with Crippen molar-refractivity contribution in [3.63, 3.8) is 0 Å². The summed E-state index contributed by atoms with van der Waals surface area (Å²) >= 11 is 32.4. The van der Waals surface area contributed by atoms with E-state index in [1.54, 1.807) is 0 Å². The SMILES string of the molecule is Clc1cc(Cl)c(Cl)c(Cl)c1Cl.SN1CCCCC1. The second-order valence-corrected chi connectivity index (χ2v) is 6.31. The molecule has 0 aliphatic carbocycles. The van der Waals surface area contributed by atoms with Crippen molar-refractivity contribution in [1.29, 1.82) is 0 Å². The lowest BCUT2D eigenvalue weighted by atomic mass is 10.2. The van der Waals surface area contributed by atoms with Crippen molar-refractivity contribution < 1.29 is 0 Å². The molecule has 0 radical (unpaired) electrons. The Labute approximate surface area is 138 Å². The van der Waals surface area contributed by atoms with E-state index in [-0.39, 0.29) is 15.1 Å². The molecule has 0 bridgehead atoms. The molecule has 0 N–H and O–H groups in total. The van der Waals surface area contributed by atoms with Crippen LogP contribution in [-0.4, -0.2) is 17.4 Å². The Morgan fingerprint density at radius 2 is 1.22 bits per heavy atom. The van der Waals surface area contributed by atoms with Gasteiger partial charge in [-0.1, -0.05) is 77.2 Å². The predicted molar refractivity (Wildman–Crippen MR) is 85.9 cm³/mol. The molecule has 0 atom stereocenters. The van der Waals surface area contributed by atoms with E-state index in [4.69, 9.17) is 58.0 Å². The summed E-state index contributed by atoms with van der Waals surface area (Å²) in [4.78, 5) is 0. The Kier molecular flexibility index (Phi) is 7.86. The minimum atomic E-state index is 0.186. The third-order valence-corrected chi connectivity index (χ3v) is 4.94. The molecule has 18 heavy (non-hydrogen) atoms. The summed E-state index contributed by atoms with van der Waals surface area (Å²) in [6.45, 7) is 2.37. The van der Waals surface area contributed by atoms with Gasteiger partial charge in [-0.25, -0.2) is 0 Å². The van der Waals surface area contributed by atoms with Gasteiger partial charge in [0.1, 0.15) is 0 Å². The number of rotatable bonds is 0. The number of hydrogen-bond acceptors (Lipinski definition) is 2. The molecule has 0 saturated carbocycles. The third-order valence-electron chi connectivity index (χ3n) is 2.39.